The summed E-state index contributed by atoms with van der Waals surface area (Å²) in [5, 5.41) is 3.20. The molecule has 0 bridgehead atoms. The topological polar surface area (TPSA) is 72.2 Å². The summed E-state index contributed by atoms with van der Waals surface area (Å²) < 4.78 is 35.9. The lowest BCUT2D eigenvalue weighted by atomic mass is 10.1. The van der Waals surface area contributed by atoms with Gasteiger partial charge in [0.2, 0.25) is 0 Å². The van der Waals surface area contributed by atoms with Gasteiger partial charge in [0.05, 0.1) is 22.9 Å². The summed E-state index contributed by atoms with van der Waals surface area (Å²) >= 11 is 0. The molecule has 1 aliphatic rings. The first-order valence-electron chi connectivity index (χ1n) is 5.90. The number of hydrogen-bond acceptors (Lipinski definition) is 4. The normalized spacial score (nSPS) is 19.7. The predicted octanol–water partition coefficient (Wildman–Crippen LogP) is 1.71. The number of nitrogen functional groups attached to an aromatic ring is 1. The SMILES string of the molecule is Cc1cc(NC2CCS(=O)(=O)CC2)c(N)cc1F. The van der Waals surface area contributed by atoms with E-state index in [0.29, 0.717) is 29.8 Å². The van der Waals surface area contributed by atoms with E-state index in [1.807, 2.05) is 0 Å². The molecule has 100 valence electrons. The molecule has 3 N–H and O–H groups in total. The van der Waals surface area contributed by atoms with E-state index in [2.05, 4.69) is 5.32 Å². The number of aryl methyl sites for hydroxylation is 1. The fourth-order valence-corrected chi connectivity index (χ4v) is 3.57. The van der Waals surface area contributed by atoms with Crippen molar-refractivity contribution in [2.24, 2.45) is 0 Å². The lowest BCUT2D eigenvalue weighted by molar-refractivity contribution is 0.559. The largest absolute Gasteiger partial charge is 0.397 e. The third kappa shape index (κ3) is 2.93. The average Bonchev–Trinajstić information content (AvgIpc) is 2.28. The molecule has 0 unspecified atom stereocenters. The van der Waals surface area contributed by atoms with Crippen molar-refractivity contribution in [2.45, 2.75) is 25.8 Å². The molecule has 0 amide bonds. The van der Waals surface area contributed by atoms with Gasteiger partial charge in [0.1, 0.15) is 15.7 Å². The second-order valence-corrected chi connectivity index (χ2v) is 7.06. The van der Waals surface area contributed by atoms with Gasteiger partial charge in [0.15, 0.2) is 0 Å². The minimum Gasteiger partial charge on any atom is -0.397 e. The second-order valence-electron chi connectivity index (χ2n) is 4.76. The first kappa shape index (κ1) is 13.1. The van der Waals surface area contributed by atoms with Crippen molar-refractivity contribution < 1.29 is 12.8 Å². The summed E-state index contributed by atoms with van der Waals surface area (Å²) in [7, 11) is -2.86. The molecule has 1 heterocycles. The van der Waals surface area contributed by atoms with Gasteiger partial charge in [0, 0.05) is 6.04 Å². The van der Waals surface area contributed by atoms with Crippen LogP contribution in [0.3, 0.4) is 0 Å². The molecule has 6 heteroatoms. The number of anilines is 2. The Morgan fingerprint density at radius 3 is 2.56 bits per heavy atom. The Hall–Kier alpha value is -1.30. The van der Waals surface area contributed by atoms with E-state index in [0.717, 1.165) is 0 Å². The van der Waals surface area contributed by atoms with Crippen LogP contribution in [0.15, 0.2) is 12.1 Å². The van der Waals surface area contributed by atoms with Crippen molar-refractivity contribution in [3.05, 3.63) is 23.5 Å². The molecule has 0 spiro atoms. The van der Waals surface area contributed by atoms with Gasteiger partial charge < -0.3 is 11.1 Å². The Labute approximate surface area is 106 Å². The molecular formula is C12H17FN2O2S. The third-order valence-corrected chi connectivity index (χ3v) is 4.96. The van der Waals surface area contributed by atoms with Gasteiger partial charge >= 0.3 is 0 Å². The van der Waals surface area contributed by atoms with Crippen molar-refractivity contribution in [3.63, 3.8) is 0 Å². The van der Waals surface area contributed by atoms with E-state index in [9.17, 15) is 12.8 Å². The molecule has 0 aromatic heterocycles. The molecule has 0 atom stereocenters. The minimum absolute atomic E-state index is 0.0840. The Morgan fingerprint density at radius 2 is 1.94 bits per heavy atom. The van der Waals surface area contributed by atoms with Gasteiger partial charge in [-0.2, -0.15) is 0 Å². The van der Waals surface area contributed by atoms with Crippen molar-refractivity contribution in [2.75, 3.05) is 22.6 Å². The van der Waals surface area contributed by atoms with E-state index in [1.54, 1.807) is 13.0 Å². The molecule has 0 saturated carbocycles. The van der Waals surface area contributed by atoms with Gasteiger partial charge in [-0.1, -0.05) is 0 Å². The van der Waals surface area contributed by atoms with Crippen molar-refractivity contribution in [1.82, 2.24) is 0 Å². The van der Waals surface area contributed by atoms with E-state index in [1.165, 1.54) is 6.07 Å². The summed E-state index contributed by atoms with van der Waals surface area (Å²) in [5.41, 5.74) is 7.30. The quantitative estimate of drug-likeness (QED) is 0.804. The summed E-state index contributed by atoms with van der Waals surface area (Å²) in [5.74, 6) is 0.0689. The summed E-state index contributed by atoms with van der Waals surface area (Å²) in [6.07, 6.45) is 1.14. The smallest absolute Gasteiger partial charge is 0.150 e. The molecule has 1 aromatic carbocycles. The zero-order valence-electron chi connectivity index (χ0n) is 10.2. The van der Waals surface area contributed by atoms with Gasteiger partial charge in [-0.25, -0.2) is 12.8 Å². The third-order valence-electron chi connectivity index (χ3n) is 3.25. The van der Waals surface area contributed by atoms with Crippen LogP contribution in [0.4, 0.5) is 15.8 Å². The number of benzene rings is 1. The number of hydrogen-bond donors (Lipinski definition) is 2. The van der Waals surface area contributed by atoms with E-state index in [-0.39, 0.29) is 23.4 Å². The number of sulfone groups is 1. The number of rotatable bonds is 2. The summed E-state index contributed by atoms with van der Waals surface area (Å²) in [6.45, 7) is 1.67. The molecule has 1 saturated heterocycles. The Kier molecular flexibility index (Phi) is 3.47. The molecule has 2 rings (SSSR count). The highest BCUT2D eigenvalue weighted by atomic mass is 32.2. The van der Waals surface area contributed by atoms with Gasteiger partial charge in [-0.05, 0) is 37.5 Å². The molecule has 0 radical (unpaired) electrons. The fourth-order valence-electron chi connectivity index (χ4n) is 2.08. The zero-order valence-corrected chi connectivity index (χ0v) is 11.1. The minimum atomic E-state index is -2.86. The summed E-state index contributed by atoms with van der Waals surface area (Å²) in [4.78, 5) is 0. The van der Waals surface area contributed by atoms with Crippen LogP contribution in [-0.4, -0.2) is 26.0 Å². The maximum atomic E-state index is 13.3. The van der Waals surface area contributed by atoms with Crippen molar-refractivity contribution >= 4 is 21.2 Å². The molecular weight excluding hydrogens is 255 g/mol. The average molecular weight is 272 g/mol. The van der Waals surface area contributed by atoms with E-state index in [4.69, 9.17) is 5.73 Å². The van der Waals surface area contributed by atoms with Crippen LogP contribution in [0.1, 0.15) is 18.4 Å². The molecule has 1 aliphatic heterocycles. The van der Waals surface area contributed by atoms with Gasteiger partial charge in [-0.3, -0.25) is 0 Å². The maximum absolute atomic E-state index is 13.3. The first-order valence-corrected chi connectivity index (χ1v) is 7.72. The zero-order chi connectivity index (χ0) is 13.3. The highest BCUT2D eigenvalue weighted by molar-refractivity contribution is 7.91. The molecule has 1 aromatic rings. The number of halogens is 1. The molecule has 0 aliphatic carbocycles. The maximum Gasteiger partial charge on any atom is 0.150 e. The standard InChI is InChI=1S/C12H17FN2O2S/c1-8-6-12(11(14)7-10(8)13)15-9-2-4-18(16,17)5-3-9/h6-7,9,15H,2-5,14H2,1H3. The van der Waals surface area contributed by atoms with Crippen molar-refractivity contribution in [3.8, 4) is 0 Å². The van der Waals surface area contributed by atoms with Crippen LogP contribution in [0.25, 0.3) is 0 Å². The highest BCUT2D eigenvalue weighted by Gasteiger charge is 2.23. The van der Waals surface area contributed by atoms with E-state index < -0.39 is 9.84 Å². The lowest BCUT2D eigenvalue weighted by Gasteiger charge is -2.25. The Bertz CT molecular complexity index is 543. The highest BCUT2D eigenvalue weighted by Crippen LogP contribution is 2.25. The monoisotopic (exact) mass is 272 g/mol. The van der Waals surface area contributed by atoms with Crippen LogP contribution in [0, 0.1) is 12.7 Å². The van der Waals surface area contributed by atoms with Crippen LogP contribution in [0.2, 0.25) is 0 Å². The van der Waals surface area contributed by atoms with Gasteiger partial charge in [0.25, 0.3) is 0 Å². The lowest BCUT2D eigenvalue weighted by Crippen LogP contribution is -2.32. The second kappa shape index (κ2) is 4.76. The van der Waals surface area contributed by atoms with Gasteiger partial charge in [-0.15, -0.1) is 0 Å². The van der Waals surface area contributed by atoms with E-state index >= 15 is 0 Å². The number of nitrogens with one attached hydrogen (secondary N) is 1. The molecule has 4 nitrogen and oxygen atoms in total. The van der Waals surface area contributed by atoms with Crippen LogP contribution in [-0.2, 0) is 9.84 Å². The predicted molar refractivity (Wildman–Crippen MR) is 70.8 cm³/mol. The Balaban J connectivity index is 2.09. The fraction of sp³-hybridized carbons (Fsp3) is 0.500. The van der Waals surface area contributed by atoms with Crippen LogP contribution >= 0.6 is 0 Å². The molecule has 18 heavy (non-hydrogen) atoms. The van der Waals surface area contributed by atoms with Crippen molar-refractivity contribution in [1.29, 1.82) is 0 Å². The summed E-state index contributed by atoms with van der Waals surface area (Å²) in [6, 6.07) is 3.03. The molecule has 1 fully saturated rings. The number of nitrogens with two attached hydrogens (primary N) is 1. The first-order chi connectivity index (χ1) is 8.37. The van der Waals surface area contributed by atoms with Crippen LogP contribution in [0.5, 0.6) is 0 Å². The van der Waals surface area contributed by atoms with Crippen LogP contribution < -0.4 is 11.1 Å². The Morgan fingerprint density at radius 1 is 1.33 bits per heavy atom.